The summed E-state index contributed by atoms with van der Waals surface area (Å²) >= 11 is 0. The van der Waals surface area contributed by atoms with E-state index in [0.717, 1.165) is 23.9 Å². The Kier molecular flexibility index (Phi) is 2.33. The minimum Gasteiger partial charge on any atom is -0.353 e. The van der Waals surface area contributed by atoms with Gasteiger partial charge in [0.15, 0.2) is 0 Å². The Balaban J connectivity index is 1.67. The van der Waals surface area contributed by atoms with Crippen molar-refractivity contribution in [2.45, 2.75) is 31.3 Å². The van der Waals surface area contributed by atoms with Gasteiger partial charge in [-0.3, -0.25) is 19.5 Å². The van der Waals surface area contributed by atoms with Gasteiger partial charge >= 0.3 is 0 Å². The zero-order chi connectivity index (χ0) is 13.7. The van der Waals surface area contributed by atoms with Gasteiger partial charge in [-0.25, -0.2) is 4.98 Å². The summed E-state index contributed by atoms with van der Waals surface area (Å²) in [5.74, 6) is 0.294. The number of hydrogen-bond donors (Lipinski definition) is 2. The van der Waals surface area contributed by atoms with Gasteiger partial charge in [0.25, 0.3) is 0 Å². The minimum absolute atomic E-state index is 0.0710. The Morgan fingerprint density at radius 1 is 1.40 bits per heavy atom. The van der Waals surface area contributed by atoms with Crippen LogP contribution in [-0.2, 0) is 9.59 Å². The van der Waals surface area contributed by atoms with Crippen LogP contribution in [0.1, 0.15) is 25.3 Å². The Labute approximate surface area is 115 Å². The Morgan fingerprint density at radius 3 is 3.00 bits per heavy atom. The molecule has 0 unspecified atom stereocenters. The summed E-state index contributed by atoms with van der Waals surface area (Å²) in [6.45, 7) is 0. The molecule has 4 rings (SSSR count). The summed E-state index contributed by atoms with van der Waals surface area (Å²) < 4.78 is 1.82. The molecule has 6 heteroatoms. The van der Waals surface area contributed by atoms with Gasteiger partial charge in [0.1, 0.15) is 6.04 Å². The molecule has 20 heavy (non-hydrogen) atoms. The SMILES string of the molecule is O=C(C[C@@H]1C(=O)Nc2nc3ccccc3n21)NC1CC1. The molecule has 2 aliphatic rings. The zero-order valence-electron chi connectivity index (χ0n) is 10.8. The number of rotatable bonds is 3. The van der Waals surface area contributed by atoms with Gasteiger partial charge in [0.2, 0.25) is 17.8 Å². The molecular formula is C14H14N4O2. The molecule has 0 radical (unpaired) electrons. The molecule has 0 saturated heterocycles. The van der Waals surface area contributed by atoms with Crippen LogP contribution in [0.2, 0.25) is 0 Å². The van der Waals surface area contributed by atoms with E-state index in [1.54, 1.807) is 0 Å². The van der Waals surface area contributed by atoms with E-state index in [4.69, 9.17) is 0 Å². The van der Waals surface area contributed by atoms with Crippen molar-refractivity contribution in [1.29, 1.82) is 0 Å². The monoisotopic (exact) mass is 270 g/mol. The molecule has 2 N–H and O–H groups in total. The van der Waals surface area contributed by atoms with Gasteiger partial charge in [0.05, 0.1) is 17.5 Å². The van der Waals surface area contributed by atoms with Crippen molar-refractivity contribution >= 4 is 28.8 Å². The van der Waals surface area contributed by atoms with Gasteiger partial charge < -0.3 is 5.32 Å². The third kappa shape index (κ3) is 1.76. The maximum Gasteiger partial charge on any atom is 0.250 e. The van der Waals surface area contributed by atoms with Gasteiger partial charge in [-0.05, 0) is 25.0 Å². The van der Waals surface area contributed by atoms with Crippen LogP contribution in [0, 0.1) is 0 Å². The highest BCUT2D eigenvalue weighted by Gasteiger charge is 2.35. The number of carbonyl (C=O) groups excluding carboxylic acids is 2. The van der Waals surface area contributed by atoms with E-state index >= 15 is 0 Å². The fourth-order valence-electron chi connectivity index (χ4n) is 2.63. The van der Waals surface area contributed by atoms with Crippen molar-refractivity contribution in [2.24, 2.45) is 0 Å². The summed E-state index contributed by atoms with van der Waals surface area (Å²) in [7, 11) is 0. The van der Waals surface area contributed by atoms with Crippen LogP contribution < -0.4 is 10.6 Å². The van der Waals surface area contributed by atoms with Crippen LogP contribution in [0.4, 0.5) is 5.95 Å². The fraction of sp³-hybridized carbons (Fsp3) is 0.357. The molecule has 1 aromatic heterocycles. The quantitative estimate of drug-likeness (QED) is 0.879. The minimum atomic E-state index is -0.504. The molecule has 1 saturated carbocycles. The lowest BCUT2D eigenvalue weighted by Gasteiger charge is -2.11. The molecule has 1 atom stereocenters. The van der Waals surface area contributed by atoms with Gasteiger partial charge in [-0.1, -0.05) is 12.1 Å². The predicted octanol–water partition coefficient (Wildman–Crippen LogP) is 1.20. The molecule has 2 heterocycles. The second kappa shape index (κ2) is 4.06. The van der Waals surface area contributed by atoms with Crippen molar-refractivity contribution in [2.75, 3.05) is 5.32 Å². The molecule has 1 aliphatic heterocycles. The Morgan fingerprint density at radius 2 is 2.20 bits per heavy atom. The lowest BCUT2D eigenvalue weighted by Crippen LogP contribution is -2.30. The number of imidazole rings is 1. The fourth-order valence-corrected chi connectivity index (χ4v) is 2.63. The van der Waals surface area contributed by atoms with Crippen molar-refractivity contribution in [3.05, 3.63) is 24.3 Å². The summed E-state index contributed by atoms with van der Waals surface area (Å²) in [6.07, 6.45) is 2.25. The molecule has 1 aliphatic carbocycles. The molecule has 2 aromatic rings. The lowest BCUT2D eigenvalue weighted by atomic mass is 10.2. The summed E-state index contributed by atoms with van der Waals surface area (Å²) in [4.78, 5) is 28.3. The number of para-hydroxylation sites is 2. The number of benzene rings is 1. The van der Waals surface area contributed by atoms with E-state index in [1.807, 2.05) is 28.8 Å². The predicted molar refractivity (Wildman–Crippen MR) is 73.2 cm³/mol. The number of anilines is 1. The number of nitrogens with one attached hydrogen (secondary N) is 2. The van der Waals surface area contributed by atoms with Gasteiger partial charge in [-0.15, -0.1) is 0 Å². The summed E-state index contributed by atoms with van der Waals surface area (Å²) in [6, 6.07) is 7.43. The number of nitrogens with zero attached hydrogens (tertiary/aromatic N) is 2. The second-order valence-corrected chi connectivity index (χ2v) is 5.35. The van der Waals surface area contributed by atoms with E-state index < -0.39 is 6.04 Å². The lowest BCUT2D eigenvalue weighted by molar-refractivity contribution is -0.126. The molecule has 6 nitrogen and oxygen atoms in total. The average molecular weight is 270 g/mol. The first-order valence-corrected chi connectivity index (χ1v) is 6.79. The number of carbonyl (C=O) groups is 2. The molecule has 2 amide bonds. The number of fused-ring (bicyclic) bond motifs is 3. The van der Waals surface area contributed by atoms with E-state index in [1.165, 1.54) is 0 Å². The van der Waals surface area contributed by atoms with Crippen LogP contribution in [0.25, 0.3) is 11.0 Å². The van der Waals surface area contributed by atoms with Crippen LogP contribution in [-0.4, -0.2) is 27.4 Å². The standard InChI is InChI=1S/C14H14N4O2/c19-12(15-8-5-6-8)7-11-13(20)17-14-16-9-3-1-2-4-10(9)18(11)14/h1-4,8,11H,5-7H2,(H,15,19)(H,16,17,20)/t11-/m1/s1. The average Bonchev–Trinajstić information content (AvgIpc) is 3.08. The van der Waals surface area contributed by atoms with Crippen LogP contribution in [0.5, 0.6) is 0 Å². The molecular weight excluding hydrogens is 256 g/mol. The topological polar surface area (TPSA) is 76.0 Å². The maximum atomic E-state index is 12.0. The molecule has 1 aromatic carbocycles. The first-order valence-electron chi connectivity index (χ1n) is 6.79. The first-order chi connectivity index (χ1) is 9.72. The molecule has 0 spiro atoms. The molecule has 102 valence electrons. The van der Waals surface area contributed by atoms with Crippen molar-refractivity contribution < 1.29 is 9.59 Å². The third-order valence-electron chi connectivity index (χ3n) is 3.77. The number of amides is 2. The van der Waals surface area contributed by atoms with Crippen LogP contribution >= 0.6 is 0 Å². The summed E-state index contributed by atoms with van der Waals surface area (Å²) in [5, 5.41) is 5.66. The van der Waals surface area contributed by atoms with Crippen molar-refractivity contribution in [3.63, 3.8) is 0 Å². The molecule has 1 fully saturated rings. The van der Waals surface area contributed by atoms with Gasteiger partial charge in [-0.2, -0.15) is 0 Å². The van der Waals surface area contributed by atoms with Gasteiger partial charge in [0, 0.05) is 6.04 Å². The van der Waals surface area contributed by atoms with Crippen LogP contribution in [0.15, 0.2) is 24.3 Å². The van der Waals surface area contributed by atoms with E-state index in [0.29, 0.717) is 12.0 Å². The van der Waals surface area contributed by atoms with Crippen molar-refractivity contribution in [3.8, 4) is 0 Å². The Hall–Kier alpha value is -2.37. The number of hydrogen-bond acceptors (Lipinski definition) is 3. The summed E-state index contributed by atoms with van der Waals surface area (Å²) in [5.41, 5.74) is 1.71. The highest BCUT2D eigenvalue weighted by molar-refractivity contribution is 6.02. The molecule has 0 bridgehead atoms. The first kappa shape index (κ1) is 11.5. The highest BCUT2D eigenvalue weighted by Crippen LogP contribution is 2.32. The third-order valence-corrected chi connectivity index (χ3v) is 3.77. The van der Waals surface area contributed by atoms with Crippen LogP contribution in [0.3, 0.4) is 0 Å². The Bertz CT molecular complexity index is 717. The van der Waals surface area contributed by atoms with E-state index in [2.05, 4.69) is 15.6 Å². The van der Waals surface area contributed by atoms with Crippen molar-refractivity contribution in [1.82, 2.24) is 14.9 Å². The van der Waals surface area contributed by atoms with E-state index in [-0.39, 0.29) is 18.2 Å². The van der Waals surface area contributed by atoms with E-state index in [9.17, 15) is 9.59 Å². The largest absolute Gasteiger partial charge is 0.353 e. The maximum absolute atomic E-state index is 12.0. The zero-order valence-corrected chi connectivity index (χ0v) is 10.8. The number of aromatic nitrogens is 2. The second-order valence-electron chi connectivity index (χ2n) is 5.35. The highest BCUT2D eigenvalue weighted by atomic mass is 16.2. The smallest absolute Gasteiger partial charge is 0.250 e. The normalized spacial score (nSPS) is 20.8.